The molecule has 2 aromatic rings. The molecule has 0 N–H and O–H groups in total. The minimum absolute atomic E-state index is 0.0459. The topological polar surface area (TPSA) is 78.3 Å². The summed E-state index contributed by atoms with van der Waals surface area (Å²) in [7, 11) is 0. The van der Waals surface area contributed by atoms with Crippen LogP contribution in [0.4, 0.5) is 5.69 Å². The first-order valence-corrected chi connectivity index (χ1v) is 7.05. The number of aromatic nitrogens is 1. The lowest BCUT2D eigenvalue weighted by molar-refractivity contribution is -0.384. The van der Waals surface area contributed by atoms with E-state index < -0.39 is 10.7 Å². The molecule has 0 bridgehead atoms. The fraction of sp³-hybridized carbons (Fsp3) is 0.462. The average Bonchev–Trinajstić information content (AvgIpc) is 2.71. The molecule has 0 aliphatic carbocycles. The highest BCUT2D eigenvalue weighted by atomic mass is 32.1. The van der Waals surface area contributed by atoms with Crippen LogP contribution in [0.3, 0.4) is 0 Å². The molecule has 108 valence electrons. The smallest absolute Gasteiger partial charge is 0.408 e. The molecule has 1 heterocycles. The van der Waals surface area contributed by atoms with E-state index in [-0.39, 0.29) is 5.69 Å². The molecule has 6 nitrogen and oxygen atoms in total. The van der Waals surface area contributed by atoms with E-state index in [4.69, 9.17) is 4.42 Å². The van der Waals surface area contributed by atoms with Crippen molar-refractivity contribution in [3.63, 3.8) is 0 Å². The third kappa shape index (κ3) is 3.04. The molecule has 0 radical (unpaired) electrons. The van der Waals surface area contributed by atoms with Crippen LogP contribution in [0.15, 0.2) is 27.4 Å². The summed E-state index contributed by atoms with van der Waals surface area (Å²) in [5.74, 6) is 0.759. The molecule has 1 atom stereocenters. The Morgan fingerprint density at radius 1 is 1.45 bits per heavy atom. The van der Waals surface area contributed by atoms with Gasteiger partial charge in [0, 0.05) is 18.7 Å². The molecule has 1 aromatic heterocycles. The normalized spacial score (nSPS) is 12.7. The van der Waals surface area contributed by atoms with Crippen molar-refractivity contribution < 1.29 is 9.34 Å². The number of nitro groups is 1. The molecule has 0 spiro atoms. The lowest BCUT2D eigenvalue weighted by Gasteiger charge is -2.09. The number of hydrogen-bond acceptors (Lipinski definition) is 5. The highest BCUT2D eigenvalue weighted by Gasteiger charge is 2.14. The third-order valence-electron chi connectivity index (χ3n) is 3.33. The van der Waals surface area contributed by atoms with Crippen LogP contribution in [0.2, 0.25) is 0 Å². The van der Waals surface area contributed by atoms with Crippen molar-refractivity contribution in [3.8, 4) is 0 Å². The van der Waals surface area contributed by atoms with Crippen molar-refractivity contribution in [1.82, 2.24) is 4.57 Å². The second-order valence-electron chi connectivity index (χ2n) is 4.83. The molecular formula is C13H16N2O4S. The zero-order valence-electron chi connectivity index (χ0n) is 11.1. The first-order valence-electron chi connectivity index (χ1n) is 6.41. The van der Waals surface area contributed by atoms with E-state index in [2.05, 4.69) is 19.6 Å². The molecule has 0 aliphatic rings. The average molecular weight is 296 g/mol. The Kier molecular flexibility index (Phi) is 4.49. The Hall–Kier alpha value is -1.76. The number of oxazole rings is 1. The Balaban J connectivity index is 2.31. The Morgan fingerprint density at radius 2 is 2.20 bits per heavy atom. The van der Waals surface area contributed by atoms with E-state index in [0.29, 0.717) is 23.6 Å². The molecule has 1 aromatic carbocycles. The van der Waals surface area contributed by atoms with Gasteiger partial charge < -0.3 is 4.42 Å². The van der Waals surface area contributed by atoms with Crippen LogP contribution >= 0.6 is 12.6 Å². The maximum atomic E-state index is 11.8. The van der Waals surface area contributed by atoms with Crippen LogP contribution in [0.1, 0.15) is 19.8 Å². The minimum Gasteiger partial charge on any atom is -0.408 e. The Labute approximate surface area is 120 Å². The predicted molar refractivity (Wildman–Crippen MR) is 79.4 cm³/mol. The van der Waals surface area contributed by atoms with Gasteiger partial charge in [0.1, 0.15) is 0 Å². The van der Waals surface area contributed by atoms with Crippen molar-refractivity contribution in [2.75, 3.05) is 5.75 Å². The zero-order chi connectivity index (χ0) is 14.7. The minimum atomic E-state index is -0.481. The number of aryl methyl sites for hydroxylation is 1. The number of thiol groups is 1. The molecule has 7 heteroatoms. The van der Waals surface area contributed by atoms with Crippen molar-refractivity contribution in [3.05, 3.63) is 38.9 Å². The SMILES string of the molecule is CC(CCS)CCn1c(=O)oc2ccc([N+](=O)[O-])cc21. The molecule has 0 amide bonds. The second kappa shape index (κ2) is 6.13. The number of hydrogen-bond donors (Lipinski definition) is 1. The first-order chi connectivity index (χ1) is 9.52. The Morgan fingerprint density at radius 3 is 2.85 bits per heavy atom. The number of nitro benzene ring substituents is 1. The molecule has 0 fully saturated rings. The van der Waals surface area contributed by atoms with Gasteiger partial charge in [-0.05, 0) is 30.6 Å². The highest BCUT2D eigenvalue weighted by molar-refractivity contribution is 7.80. The number of benzene rings is 1. The van der Waals surface area contributed by atoms with Crippen LogP contribution in [-0.4, -0.2) is 15.2 Å². The summed E-state index contributed by atoms with van der Waals surface area (Å²) in [6, 6.07) is 4.17. The quantitative estimate of drug-likeness (QED) is 0.505. The van der Waals surface area contributed by atoms with Crippen LogP contribution in [0.25, 0.3) is 11.1 Å². The molecular weight excluding hydrogens is 280 g/mol. The van der Waals surface area contributed by atoms with Gasteiger partial charge in [0.05, 0.1) is 10.4 Å². The van der Waals surface area contributed by atoms with E-state index >= 15 is 0 Å². The van der Waals surface area contributed by atoms with E-state index in [1.165, 1.54) is 22.8 Å². The molecule has 0 saturated carbocycles. The first kappa shape index (κ1) is 14.6. The molecule has 1 unspecified atom stereocenters. The summed E-state index contributed by atoms with van der Waals surface area (Å²) in [5.41, 5.74) is 0.806. The van der Waals surface area contributed by atoms with Crippen molar-refractivity contribution in [2.24, 2.45) is 5.92 Å². The fourth-order valence-corrected chi connectivity index (χ4v) is 2.53. The summed E-state index contributed by atoms with van der Waals surface area (Å²) in [5, 5.41) is 10.8. The van der Waals surface area contributed by atoms with Crippen molar-refractivity contribution in [1.29, 1.82) is 0 Å². The van der Waals surface area contributed by atoms with Crippen LogP contribution < -0.4 is 5.76 Å². The van der Waals surface area contributed by atoms with E-state index in [1.807, 2.05) is 0 Å². The van der Waals surface area contributed by atoms with Crippen LogP contribution in [0, 0.1) is 16.0 Å². The van der Waals surface area contributed by atoms with E-state index in [0.717, 1.165) is 18.6 Å². The number of fused-ring (bicyclic) bond motifs is 1. The summed E-state index contributed by atoms with van der Waals surface area (Å²) >= 11 is 4.18. The molecule has 0 aliphatic heterocycles. The molecule has 0 saturated heterocycles. The molecule has 2 rings (SSSR count). The predicted octanol–water partition coefficient (Wildman–Crippen LogP) is 2.85. The fourth-order valence-electron chi connectivity index (χ4n) is 2.09. The van der Waals surface area contributed by atoms with Gasteiger partial charge in [0.15, 0.2) is 5.58 Å². The van der Waals surface area contributed by atoms with Gasteiger partial charge in [-0.25, -0.2) is 4.79 Å². The maximum absolute atomic E-state index is 11.8. The Bertz CT molecular complexity index is 677. The second-order valence-corrected chi connectivity index (χ2v) is 5.28. The lowest BCUT2D eigenvalue weighted by Crippen LogP contribution is -2.16. The van der Waals surface area contributed by atoms with Crippen LogP contribution in [-0.2, 0) is 6.54 Å². The highest BCUT2D eigenvalue weighted by Crippen LogP contribution is 2.21. The van der Waals surface area contributed by atoms with E-state index in [1.54, 1.807) is 0 Å². The number of non-ortho nitro benzene ring substituents is 1. The largest absolute Gasteiger partial charge is 0.419 e. The zero-order valence-corrected chi connectivity index (χ0v) is 12.0. The van der Waals surface area contributed by atoms with Crippen LogP contribution in [0.5, 0.6) is 0 Å². The summed E-state index contributed by atoms with van der Waals surface area (Å²) < 4.78 is 6.55. The van der Waals surface area contributed by atoms with Gasteiger partial charge in [0.25, 0.3) is 5.69 Å². The third-order valence-corrected chi connectivity index (χ3v) is 3.59. The lowest BCUT2D eigenvalue weighted by atomic mass is 10.1. The monoisotopic (exact) mass is 296 g/mol. The standard InChI is InChI=1S/C13H16N2O4S/c1-9(5-7-20)4-6-14-11-8-10(15(17)18)2-3-12(11)19-13(14)16/h2-3,8-9,20H,4-7H2,1H3. The summed E-state index contributed by atoms with van der Waals surface area (Å²) in [6.45, 7) is 2.58. The van der Waals surface area contributed by atoms with Gasteiger partial charge in [-0.2, -0.15) is 12.6 Å². The van der Waals surface area contributed by atoms with Gasteiger partial charge in [-0.15, -0.1) is 0 Å². The summed E-state index contributed by atoms with van der Waals surface area (Å²) in [6.07, 6.45) is 1.77. The van der Waals surface area contributed by atoms with Crippen molar-refractivity contribution in [2.45, 2.75) is 26.3 Å². The van der Waals surface area contributed by atoms with Crippen molar-refractivity contribution >= 4 is 29.4 Å². The van der Waals surface area contributed by atoms with Gasteiger partial charge >= 0.3 is 5.76 Å². The van der Waals surface area contributed by atoms with Gasteiger partial charge in [-0.1, -0.05) is 6.92 Å². The molecule has 20 heavy (non-hydrogen) atoms. The maximum Gasteiger partial charge on any atom is 0.419 e. The number of nitrogens with zero attached hydrogens (tertiary/aromatic N) is 2. The number of rotatable bonds is 6. The summed E-state index contributed by atoms with van der Waals surface area (Å²) in [4.78, 5) is 22.1. The van der Waals surface area contributed by atoms with E-state index in [9.17, 15) is 14.9 Å². The van der Waals surface area contributed by atoms with Gasteiger partial charge in [0.2, 0.25) is 0 Å². The van der Waals surface area contributed by atoms with Gasteiger partial charge in [-0.3, -0.25) is 14.7 Å².